The average molecular weight is 372 g/mol. The fourth-order valence-electron chi connectivity index (χ4n) is 3.49. The van der Waals surface area contributed by atoms with E-state index in [1.807, 2.05) is 30.3 Å². The summed E-state index contributed by atoms with van der Waals surface area (Å²) in [5.74, 6) is 0.299. The van der Waals surface area contributed by atoms with E-state index in [-0.39, 0.29) is 23.1 Å². The van der Waals surface area contributed by atoms with Gasteiger partial charge in [0.2, 0.25) is 0 Å². The van der Waals surface area contributed by atoms with E-state index in [1.165, 1.54) is 0 Å². The van der Waals surface area contributed by atoms with Gasteiger partial charge in [-0.05, 0) is 47.4 Å². The third-order valence-corrected chi connectivity index (χ3v) is 4.92. The SMILES string of the molecule is NC(Cc1cccc(O)c1)c1ccc(-c2c[nH]c(=O)c3cccc(O)c23)cc1. The van der Waals surface area contributed by atoms with Gasteiger partial charge in [0.25, 0.3) is 5.56 Å². The number of aromatic nitrogens is 1. The molecule has 1 atom stereocenters. The lowest BCUT2D eigenvalue weighted by Crippen LogP contribution is -2.13. The fourth-order valence-corrected chi connectivity index (χ4v) is 3.49. The van der Waals surface area contributed by atoms with E-state index in [1.54, 1.807) is 42.6 Å². The molecular formula is C23H20N2O3. The van der Waals surface area contributed by atoms with Crippen LogP contribution in [0.3, 0.4) is 0 Å². The zero-order valence-corrected chi connectivity index (χ0v) is 15.1. The summed E-state index contributed by atoms with van der Waals surface area (Å²) in [6, 6.07) is 19.5. The van der Waals surface area contributed by atoms with E-state index in [0.717, 1.165) is 22.3 Å². The van der Waals surface area contributed by atoms with Gasteiger partial charge in [-0.3, -0.25) is 4.79 Å². The number of phenols is 2. The van der Waals surface area contributed by atoms with Crippen molar-refractivity contribution < 1.29 is 10.2 Å². The molecule has 140 valence electrons. The lowest BCUT2D eigenvalue weighted by Gasteiger charge is -2.14. The quantitative estimate of drug-likeness (QED) is 0.437. The number of H-pyrrole nitrogens is 1. The molecule has 0 bridgehead atoms. The maximum atomic E-state index is 12.1. The van der Waals surface area contributed by atoms with E-state index in [2.05, 4.69) is 4.98 Å². The number of hydrogen-bond acceptors (Lipinski definition) is 4. The number of aromatic amines is 1. The van der Waals surface area contributed by atoms with E-state index in [0.29, 0.717) is 17.2 Å². The van der Waals surface area contributed by atoms with E-state index >= 15 is 0 Å². The highest BCUT2D eigenvalue weighted by Crippen LogP contribution is 2.33. The molecule has 3 aromatic carbocycles. The highest BCUT2D eigenvalue weighted by molar-refractivity contribution is 5.99. The third-order valence-electron chi connectivity index (χ3n) is 4.92. The van der Waals surface area contributed by atoms with E-state index in [4.69, 9.17) is 5.73 Å². The molecule has 0 spiro atoms. The van der Waals surface area contributed by atoms with Gasteiger partial charge >= 0.3 is 0 Å². The first kappa shape index (κ1) is 17.8. The van der Waals surface area contributed by atoms with Crippen molar-refractivity contribution in [3.63, 3.8) is 0 Å². The van der Waals surface area contributed by atoms with Gasteiger partial charge in [0.15, 0.2) is 0 Å². The van der Waals surface area contributed by atoms with Gasteiger partial charge in [0, 0.05) is 23.2 Å². The van der Waals surface area contributed by atoms with Gasteiger partial charge < -0.3 is 20.9 Å². The Bertz CT molecular complexity index is 1200. The first-order chi connectivity index (χ1) is 13.5. The Labute approximate surface area is 161 Å². The van der Waals surface area contributed by atoms with Crippen LogP contribution >= 0.6 is 0 Å². The summed E-state index contributed by atoms with van der Waals surface area (Å²) in [5, 5.41) is 20.9. The number of nitrogens with two attached hydrogens (primary N) is 1. The minimum Gasteiger partial charge on any atom is -0.508 e. The van der Waals surface area contributed by atoms with Gasteiger partial charge in [0.1, 0.15) is 11.5 Å². The van der Waals surface area contributed by atoms with Crippen LogP contribution < -0.4 is 11.3 Å². The predicted octanol–water partition coefficient (Wildman–Crippen LogP) is 3.85. The molecule has 4 rings (SSSR count). The second-order valence-corrected chi connectivity index (χ2v) is 6.83. The Hall–Kier alpha value is -3.57. The topological polar surface area (TPSA) is 99.3 Å². The average Bonchev–Trinajstić information content (AvgIpc) is 2.69. The van der Waals surface area contributed by atoms with Crippen LogP contribution in [0.15, 0.2) is 77.7 Å². The molecule has 28 heavy (non-hydrogen) atoms. The number of aromatic hydroxyl groups is 2. The number of fused-ring (bicyclic) bond motifs is 1. The molecule has 0 saturated carbocycles. The summed E-state index contributed by atoms with van der Waals surface area (Å²) < 4.78 is 0. The van der Waals surface area contributed by atoms with Crippen molar-refractivity contribution in [2.24, 2.45) is 5.73 Å². The van der Waals surface area contributed by atoms with Crippen molar-refractivity contribution in [3.05, 3.63) is 94.4 Å². The zero-order valence-electron chi connectivity index (χ0n) is 15.1. The molecule has 1 aromatic heterocycles. The van der Waals surface area contributed by atoms with Crippen LogP contribution in [0.25, 0.3) is 21.9 Å². The number of hydrogen-bond donors (Lipinski definition) is 4. The molecule has 5 nitrogen and oxygen atoms in total. The maximum absolute atomic E-state index is 12.1. The smallest absolute Gasteiger partial charge is 0.255 e. The van der Waals surface area contributed by atoms with Crippen molar-refractivity contribution in [1.29, 1.82) is 0 Å². The standard InChI is InChI=1S/C23H20N2O3/c24-20(12-14-3-1-4-17(26)11-14)16-9-7-15(8-10-16)19-13-25-23(28)18-5-2-6-21(27)22(18)19/h1-11,13,20,26-27H,12,24H2,(H,25,28). The van der Waals surface area contributed by atoms with Crippen LogP contribution in [0.2, 0.25) is 0 Å². The summed E-state index contributed by atoms with van der Waals surface area (Å²) in [6.07, 6.45) is 2.22. The van der Waals surface area contributed by atoms with Gasteiger partial charge in [-0.2, -0.15) is 0 Å². The van der Waals surface area contributed by atoms with Crippen molar-refractivity contribution in [1.82, 2.24) is 4.98 Å². The van der Waals surface area contributed by atoms with Crippen LogP contribution in [0.4, 0.5) is 0 Å². The van der Waals surface area contributed by atoms with Gasteiger partial charge in [-0.25, -0.2) is 0 Å². The van der Waals surface area contributed by atoms with E-state index in [9.17, 15) is 15.0 Å². The van der Waals surface area contributed by atoms with Crippen LogP contribution in [-0.4, -0.2) is 15.2 Å². The van der Waals surface area contributed by atoms with Crippen LogP contribution in [0.5, 0.6) is 11.5 Å². The molecule has 5 heteroatoms. The molecule has 0 saturated heterocycles. The molecule has 0 aliphatic carbocycles. The molecule has 0 amide bonds. The summed E-state index contributed by atoms with van der Waals surface area (Å²) in [6.45, 7) is 0. The van der Waals surface area contributed by atoms with Crippen molar-refractivity contribution >= 4 is 10.8 Å². The summed E-state index contributed by atoms with van der Waals surface area (Å²) >= 11 is 0. The second kappa shape index (κ2) is 7.21. The predicted molar refractivity (Wildman–Crippen MR) is 110 cm³/mol. The largest absolute Gasteiger partial charge is 0.508 e. The van der Waals surface area contributed by atoms with Crippen LogP contribution in [-0.2, 0) is 6.42 Å². The Morgan fingerprint density at radius 3 is 2.46 bits per heavy atom. The van der Waals surface area contributed by atoms with Crippen molar-refractivity contribution in [2.75, 3.05) is 0 Å². The lowest BCUT2D eigenvalue weighted by molar-refractivity contribution is 0.474. The molecule has 1 unspecified atom stereocenters. The van der Waals surface area contributed by atoms with Gasteiger partial charge in [-0.15, -0.1) is 0 Å². The molecule has 0 fully saturated rings. The highest BCUT2D eigenvalue weighted by atomic mass is 16.3. The van der Waals surface area contributed by atoms with Crippen LogP contribution in [0, 0.1) is 0 Å². The second-order valence-electron chi connectivity index (χ2n) is 6.83. The Balaban J connectivity index is 1.66. The zero-order chi connectivity index (χ0) is 19.7. The first-order valence-corrected chi connectivity index (χ1v) is 9.00. The van der Waals surface area contributed by atoms with Crippen LogP contribution in [0.1, 0.15) is 17.2 Å². The fraction of sp³-hybridized carbons (Fsp3) is 0.0870. The number of pyridine rings is 1. The molecule has 0 aliphatic heterocycles. The Kier molecular flexibility index (Phi) is 4.59. The summed E-state index contributed by atoms with van der Waals surface area (Å²) in [7, 11) is 0. The third kappa shape index (κ3) is 3.35. The van der Waals surface area contributed by atoms with E-state index < -0.39 is 0 Å². The number of benzene rings is 3. The number of nitrogens with one attached hydrogen (secondary N) is 1. The summed E-state index contributed by atoms with van der Waals surface area (Å²) in [4.78, 5) is 14.8. The number of rotatable bonds is 4. The molecule has 1 heterocycles. The molecule has 5 N–H and O–H groups in total. The van der Waals surface area contributed by atoms with Crippen molar-refractivity contribution in [3.8, 4) is 22.6 Å². The normalized spacial score (nSPS) is 12.2. The monoisotopic (exact) mass is 372 g/mol. The minimum absolute atomic E-state index is 0.0725. The summed E-state index contributed by atoms with van der Waals surface area (Å²) in [5.41, 5.74) is 9.65. The maximum Gasteiger partial charge on any atom is 0.255 e. The highest BCUT2D eigenvalue weighted by Gasteiger charge is 2.12. The lowest BCUT2D eigenvalue weighted by atomic mass is 9.95. The molecule has 0 radical (unpaired) electrons. The molecular weight excluding hydrogens is 352 g/mol. The minimum atomic E-state index is -0.237. The Morgan fingerprint density at radius 1 is 0.964 bits per heavy atom. The number of phenolic OH excluding ortho intramolecular Hbond substituents is 2. The molecule has 4 aromatic rings. The first-order valence-electron chi connectivity index (χ1n) is 9.00. The van der Waals surface area contributed by atoms with Gasteiger partial charge in [-0.1, -0.05) is 42.5 Å². The Morgan fingerprint density at radius 2 is 1.71 bits per heavy atom. The molecule has 0 aliphatic rings. The van der Waals surface area contributed by atoms with Gasteiger partial charge in [0.05, 0.1) is 5.39 Å². The van der Waals surface area contributed by atoms with Crippen molar-refractivity contribution in [2.45, 2.75) is 12.5 Å².